The van der Waals surface area contributed by atoms with E-state index in [0.717, 1.165) is 36.4 Å². The molecule has 0 spiro atoms. The Balaban J connectivity index is 2.54. The number of benzene rings is 2. The highest BCUT2D eigenvalue weighted by molar-refractivity contribution is 5.99. The standard InChI is InChI=1S/C19H15F7N2O3/c1-2-31-16(30)17(19(24,25)26,28-15(29)11-6-8-13(20)9-7-11)27-14-5-3-4-12(10-14)18(21,22)23/h3-10,27H,2H2,1H3,(H,28,29)/t17-/m0/s1. The Kier molecular flexibility index (Phi) is 6.82. The second kappa shape index (κ2) is 8.82. The van der Waals surface area contributed by atoms with Gasteiger partial charge in [0.1, 0.15) is 5.82 Å². The Morgan fingerprint density at radius 1 is 0.968 bits per heavy atom. The number of carbonyl (C=O) groups excluding carboxylic acids is 2. The number of hydrogen-bond acceptors (Lipinski definition) is 4. The molecule has 5 nitrogen and oxygen atoms in total. The number of hydrogen-bond donors (Lipinski definition) is 2. The van der Waals surface area contributed by atoms with E-state index < -0.39 is 59.1 Å². The van der Waals surface area contributed by atoms with E-state index in [9.17, 15) is 40.3 Å². The molecular weight excluding hydrogens is 437 g/mol. The van der Waals surface area contributed by atoms with Crippen molar-refractivity contribution in [3.8, 4) is 0 Å². The molecule has 0 saturated heterocycles. The lowest BCUT2D eigenvalue weighted by Crippen LogP contribution is -2.69. The molecule has 0 saturated carbocycles. The minimum absolute atomic E-state index is 0.337. The predicted octanol–water partition coefficient (Wildman–Crippen LogP) is 4.51. The van der Waals surface area contributed by atoms with Crippen LogP contribution in [0.3, 0.4) is 0 Å². The molecule has 2 aromatic carbocycles. The third-order valence-electron chi connectivity index (χ3n) is 3.94. The number of anilines is 1. The molecule has 2 N–H and O–H groups in total. The molecule has 0 radical (unpaired) electrons. The van der Waals surface area contributed by atoms with Gasteiger partial charge in [0.2, 0.25) is 0 Å². The van der Waals surface area contributed by atoms with Gasteiger partial charge in [-0.3, -0.25) is 4.79 Å². The zero-order chi connectivity index (χ0) is 23.4. The van der Waals surface area contributed by atoms with E-state index in [1.54, 1.807) is 5.32 Å². The maximum absolute atomic E-state index is 14.0. The second-order valence-electron chi connectivity index (χ2n) is 6.13. The fourth-order valence-electron chi connectivity index (χ4n) is 2.46. The average Bonchev–Trinajstić information content (AvgIpc) is 2.66. The van der Waals surface area contributed by atoms with Gasteiger partial charge in [0.25, 0.3) is 5.91 Å². The van der Waals surface area contributed by atoms with Gasteiger partial charge in [0.05, 0.1) is 12.2 Å². The van der Waals surface area contributed by atoms with Crippen molar-refractivity contribution in [1.82, 2.24) is 5.32 Å². The summed E-state index contributed by atoms with van der Waals surface area (Å²) in [5.74, 6) is -4.23. The molecule has 0 bridgehead atoms. The first-order chi connectivity index (χ1) is 14.3. The molecule has 0 aliphatic rings. The van der Waals surface area contributed by atoms with Crippen LogP contribution in [0.2, 0.25) is 0 Å². The summed E-state index contributed by atoms with van der Waals surface area (Å²) in [6.45, 7) is 0.679. The first-order valence-corrected chi connectivity index (χ1v) is 8.57. The summed E-state index contributed by atoms with van der Waals surface area (Å²) in [4.78, 5) is 24.7. The number of ether oxygens (including phenoxy) is 1. The minimum atomic E-state index is -5.55. The van der Waals surface area contributed by atoms with E-state index in [0.29, 0.717) is 12.1 Å². The summed E-state index contributed by atoms with van der Waals surface area (Å²) in [5, 5.41) is 3.08. The third-order valence-corrected chi connectivity index (χ3v) is 3.94. The van der Waals surface area contributed by atoms with E-state index in [1.165, 1.54) is 12.2 Å². The van der Waals surface area contributed by atoms with E-state index >= 15 is 0 Å². The molecule has 1 amide bonds. The first kappa shape index (κ1) is 24.0. The van der Waals surface area contributed by atoms with Crippen molar-refractivity contribution in [1.29, 1.82) is 0 Å². The van der Waals surface area contributed by atoms with Gasteiger partial charge in [-0.1, -0.05) is 6.07 Å². The van der Waals surface area contributed by atoms with E-state index in [2.05, 4.69) is 4.74 Å². The Labute approximate surface area is 171 Å². The molecule has 1 atom stereocenters. The molecule has 0 aromatic heterocycles. The minimum Gasteiger partial charge on any atom is -0.463 e. The van der Waals surface area contributed by atoms with E-state index in [-0.39, 0.29) is 0 Å². The van der Waals surface area contributed by atoms with Crippen molar-refractivity contribution >= 4 is 17.6 Å². The summed E-state index contributed by atoms with van der Waals surface area (Å²) >= 11 is 0. The third kappa shape index (κ3) is 5.44. The molecule has 0 unspecified atom stereocenters. The van der Waals surface area contributed by atoms with Gasteiger partial charge in [-0.25, -0.2) is 9.18 Å². The Hall–Kier alpha value is -3.31. The largest absolute Gasteiger partial charge is 0.463 e. The van der Waals surface area contributed by atoms with Crippen LogP contribution in [-0.4, -0.2) is 30.3 Å². The number of alkyl halides is 6. The van der Waals surface area contributed by atoms with Gasteiger partial charge < -0.3 is 15.4 Å². The Morgan fingerprint density at radius 2 is 1.58 bits per heavy atom. The highest BCUT2D eigenvalue weighted by Gasteiger charge is 2.63. The molecule has 168 valence electrons. The number of halogens is 7. The van der Waals surface area contributed by atoms with E-state index in [4.69, 9.17) is 0 Å². The summed E-state index contributed by atoms with van der Waals surface area (Å²) in [6.07, 6.45) is -10.4. The van der Waals surface area contributed by atoms with Crippen LogP contribution in [0.25, 0.3) is 0 Å². The number of amides is 1. The van der Waals surface area contributed by atoms with Crippen molar-refractivity contribution in [2.45, 2.75) is 24.9 Å². The van der Waals surface area contributed by atoms with Gasteiger partial charge in [-0.2, -0.15) is 26.3 Å². The molecule has 0 heterocycles. The van der Waals surface area contributed by atoms with Crippen molar-refractivity contribution in [2.24, 2.45) is 0 Å². The fourth-order valence-corrected chi connectivity index (χ4v) is 2.46. The summed E-state index contributed by atoms with van der Waals surface area (Å²) in [6, 6.07) is 5.94. The second-order valence-corrected chi connectivity index (χ2v) is 6.13. The van der Waals surface area contributed by atoms with Gasteiger partial charge in [-0.15, -0.1) is 0 Å². The van der Waals surface area contributed by atoms with Crippen LogP contribution in [0.1, 0.15) is 22.8 Å². The van der Waals surface area contributed by atoms with Crippen molar-refractivity contribution in [2.75, 3.05) is 11.9 Å². The van der Waals surface area contributed by atoms with Crippen molar-refractivity contribution < 1.29 is 45.1 Å². The molecule has 0 fully saturated rings. The van der Waals surface area contributed by atoms with Crippen LogP contribution in [0, 0.1) is 5.82 Å². The SMILES string of the molecule is CCOC(=O)[C@@](NC(=O)c1ccc(F)cc1)(Nc1cccc(C(F)(F)F)c1)C(F)(F)F. The predicted molar refractivity (Wildman–Crippen MR) is 94.4 cm³/mol. The van der Waals surface area contributed by atoms with Crippen LogP contribution < -0.4 is 10.6 Å². The summed E-state index contributed by atoms with van der Waals surface area (Å²) in [5.41, 5.74) is -6.43. The van der Waals surface area contributed by atoms with Crippen molar-refractivity contribution in [3.63, 3.8) is 0 Å². The van der Waals surface area contributed by atoms with Gasteiger partial charge in [0, 0.05) is 11.3 Å². The molecule has 0 aliphatic carbocycles. The lowest BCUT2D eigenvalue weighted by atomic mass is 10.1. The van der Waals surface area contributed by atoms with E-state index in [1.807, 2.05) is 0 Å². The average molecular weight is 452 g/mol. The van der Waals surface area contributed by atoms with Crippen molar-refractivity contribution in [3.05, 3.63) is 65.5 Å². The topological polar surface area (TPSA) is 67.4 Å². The number of rotatable bonds is 6. The van der Waals surface area contributed by atoms with Gasteiger partial charge in [-0.05, 0) is 49.4 Å². The van der Waals surface area contributed by atoms with Crippen LogP contribution in [0.5, 0.6) is 0 Å². The normalized spacial score (nSPS) is 13.8. The van der Waals surface area contributed by atoms with Crippen LogP contribution in [0.4, 0.5) is 36.4 Å². The highest BCUT2D eigenvalue weighted by atomic mass is 19.4. The Morgan fingerprint density at radius 3 is 2.10 bits per heavy atom. The smallest absolute Gasteiger partial charge is 0.441 e. The maximum atomic E-state index is 14.0. The molecule has 31 heavy (non-hydrogen) atoms. The van der Waals surface area contributed by atoms with Gasteiger partial charge >= 0.3 is 24.0 Å². The van der Waals surface area contributed by atoms with Crippen LogP contribution >= 0.6 is 0 Å². The summed E-state index contributed by atoms with van der Waals surface area (Å²) in [7, 11) is 0. The molecule has 2 rings (SSSR count). The Bertz CT molecular complexity index is 943. The van der Waals surface area contributed by atoms with Crippen LogP contribution in [-0.2, 0) is 15.7 Å². The van der Waals surface area contributed by atoms with Crippen LogP contribution in [0.15, 0.2) is 48.5 Å². The number of esters is 1. The number of nitrogens with one attached hydrogen (secondary N) is 2. The molecule has 0 aliphatic heterocycles. The molecule has 12 heteroatoms. The monoisotopic (exact) mass is 452 g/mol. The quantitative estimate of drug-likeness (QED) is 0.385. The maximum Gasteiger partial charge on any atom is 0.441 e. The summed E-state index contributed by atoms with van der Waals surface area (Å²) < 4.78 is 98.4. The lowest BCUT2D eigenvalue weighted by Gasteiger charge is -2.35. The molecular formula is C19H15F7N2O3. The number of carbonyl (C=O) groups is 2. The zero-order valence-corrected chi connectivity index (χ0v) is 15.7. The highest BCUT2D eigenvalue weighted by Crippen LogP contribution is 2.36. The zero-order valence-electron chi connectivity index (χ0n) is 15.7. The molecule has 2 aromatic rings. The lowest BCUT2D eigenvalue weighted by molar-refractivity contribution is -0.204. The first-order valence-electron chi connectivity index (χ1n) is 8.57. The van der Waals surface area contributed by atoms with Gasteiger partial charge in [0.15, 0.2) is 0 Å². The fraction of sp³-hybridized carbons (Fsp3) is 0.263.